The molecule has 148 valence electrons. The zero-order valence-corrected chi connectivity index (χ0v) is 16.5. The second-order valence-corrected chi connectivity index (χ2v) is 8.31. The average molecular weight is 374 g/mol. The molecule has 0 unspecified atom stereocenters. The summed E-state index contributed by atoms with van der Waals surface area (Å²) in [5, 5.41) is 10.5. The molecule has 3 atom stereocenters. The van der Waals surface area contributed by atoms with E-state index < -0.39 is 0 Å². The van der Waals surface area contributed by atoms with Crippen LogP contribution in [0, 0.1) is 6.92 Å². The number of ether oxygens (including phenoxy) is 1. The normalized spacial score (nSPS) is 30.3. The number of hydrogen-bond donors (Lipinski definition) is 2. The van der Waals surface area contributed by atoms with E-state index in [2.05, 4.69) is 15.5 Å². The summed E-state index contributed by atoms with van der Waals surface area (Å²) in [5.74, 6) is 0.559. The van der Waals surface area contributed by atoms with Gasteiger partial charge in [0.2, 0.25) is 5.91 Å². The van der Waals surface area contributed by atoms with E-state index in [0.29, 0.717) is 18.9 Å². The van der Waals surface area contributed by atoms with Gasteiger partial charge in [-0.05, 0) is 45.4 Å². The minimum atomic E-state index is -0.291. The van der Waals surface area contributed by atoms with Crippen molar-refractivity contribution in [2.24, 2.45) is 0 Å². The van der Waals surface area contributed by atoms with Gasteiger partial charge < -0.3 is 15.0 Å². The highest BCUT2D eigenvalue weighted by atomic mass is 16.5. The summed E-state index contributed by atoms with van der Waals surface area (Å²) in [6, 6.07) is 0.0970. The van der Waals surface area contributed by atoms with E-state index in [0.717, 1.165) is 55.5 Å². The Balaban J connectivity index is 1.58. The summed E-state index contributed by atoms with van der Waals surface area (Å²) >= 11 is 0. The standard InChI is InChI=1S/C20H30N4O3/c1-4-16(25)21-14-7-8-20(27-3)9-10-24(15(20)11-14)19(26)17-12(2)22-23-18(17)13-5-6-13/h13-15H,4-11H2,1-3H3,(H,21,25)(H,22,23)/t14-,15+,20-/m1/s1. The Morgan fingerprint density at radius 2 is 2.11 bits per heavy atom. The van der Waals surface area contributed by atoms with Gasteiger partial charge in [0.25, 0.3) is 5.91 Å². The van der Waals surface area contributed by atoms with Crippen molar-refractivity contribution in [3.05, 3.63) is 17.0 Å². The number of amides is 2. The fourth-order valence-electron chi connectivity index (χ4n) is 4.91. The molecule has 3 fully saturated rings. The minimum absolute atomic E-state index is 0.00717. The number of aromatic nitrogens is 2. The number of aromatic amines is 1. The molecule has 0 aromatic carbocycles. The van der Waals surface area contributed by atoms with Crippen molar-refractivity contribution in [2.75, 3.05) is 13.7 Å². The van der Waals surface area contributed by atoms with Gasteiger partial charge in [-0.15, -0.1) is 0 Å². The predicted octanol–water partition coefficient (Wildman–Crippen LogP) is 2.27. The van der Waals surface area contributed by atoms with Gasteiger partial charge in [0.15, 0.2) is 0 Å². The number of fused-ring (bicyclic) bond motifs is 1. The summed E-state index contributed by atoms with van der Waals surface area (Å²) < 4.78 is 5.97. The quantitative estimate of drug-likeness (QED) is 0.828. The van der Waals surface area contributed by atoms with Crippen molar-refractivity contribution >= 4 is 11.8 Å². The summed E-state index contributed by atoms with van der Waals surface area (Å²) in [4.78, 5) is 27.3. The first kappa shape index (κ1) is 18.5. The molecule has 0 bridgehead atoms. The Hall–Kier alpha value is -1.89. The van der Waals surface area contributed by atoms with Gasteiger partial charge in [-0.2, -0.15) is 5.10 Å². The highest BCUT2D eigenvalue weighted by Gasteiger charge is 2.53. The number of nitrogens with zero attached hydrogens (tertiary/aromatic N) is 2. The third-order valence-corrected chi connectivity index (χ3v) is 6.69. The molecule has 27 heavy (non-hydrogen) atoms. The largest absolute Gasteiger partial charge is 0.376 e. The SMILES string of the molecule is CCC(=O)N[C@@H]1CC[C@@]2(OC)CCN(C(=O)c3c(C4CC4)n[nH]c3C)[C@H]2C1. The van der Waals surface area contributed by atoms with Crippen LogP contribution in [-0.4, -0.2) is 58.3 Å². The van der Waals surface area contributed by atoms with Crippen molar-refractivity contribution < 1.29 is 14.3 Å². The number of likely N-dealkylation sites (tertiary alicyclic amines) is 1. The zero-order chi connectivity index (χ0) is 19.2. The second-order valence-electron chi connectivity index (χ2n) is 8.31. The number of hydrogen-bond acceptors (Lipinski definition) is 4. The Kier molecular flexibility index (Phi) is 4.74. The van der Waals surface area contributed by atoms with Crippen LogP contribution in [0.1, 0.15) is 79.5 Å². The number of H-pyrrole nitrogens is 1. The van der Waals surface area contributed by atoms with Gasteiger partial charge in [0, 0.05) is 37.7 Å². The number of rotatable bonds is 5. The lowest BCUT2D eigenvalue weighted by atomic mass is 9.78. The maximum atomic E-state index is 13.5. The molecule has 1 aliphatic heterocycles. The van der Waals surface area contributed by atoms with Crippen LogP contribution in [0.15, 0.2) is 0 Å². The van der Waals surface area contributed by atoms with Crippen LogP contribution in [0.2, 0.25) is 0 Å². The van der Waals surface area contributed by atoms with E-state index in [1.165, 1.54) is 0 Å². The molecule has 2 N–H and O–H groups in total. The van der Waals surface area contributed by atoms with E-state index >= 15 is 0 Å². The number of nitrogens with one attached hydrogen (secondary N) is 2. The maximum absolute atomic E-state index is 13.5. The smallest absolute Gasteiger partial charge is 0.257 e. The van der Waals surface area contributed by atoms with Crippen molar-refractivity contribution in [1.29, 1.82) is 0 Å². The first-order chi connectivity index (χ1) is 13.0. The minimum Gasteiger partial charge on any atom is -0.376 e. The Morgan fingerprint density at radius 1 is 1.33 bits per heavy atom. The summed E-state index contributed by atoms with van der Waals surface area (Å²) in [6.45, 7) is 4.49. The van der Waals surface area contributed by atoms with E-state index in [1.54, 1.807) is 7.11 Å². The first-order valence-electron chi connectivity index (χ1n) is 10.2. The van der Waals surface area contributed by atoms with Crippen LogP contribution >= 0.6 is 0 Å². The number of methoxy groups -OCH3 is 1. The lowest BCUT2D eigenvalue weighted by molar-refractivity contribution is -0.122. The lowest BCUT2D eigenvalue weighted by Crippen LogP contribution is -2.55. The fourth-order valence-corrected chi connectivity index (χ4v) is 4.91. The number of carbonyl (C=O) groups excluding carboxylic acids is 2. The molecular weight excluding hydrogens is 344 g/mol. The number of carbonyl (C=O) groups is 2. The van der Waals surface area contributed by atoms with Crippen LogP contribution in [0.25, 0.3) is 0 Å². The van der Waals surface area contributed by atoms with Crippen molar-refractivity contribution in [3.63, 3.8) is 0 Å². The van der Waals surface area contributed by atoms with Crippen LogP contribution in [-0.2, 0) is 9.53 Å². The average Bonchev–Trinajstić information content (AvgIpc) is 3.34. The van der Waals surface area contributed by atoms with Gasteiger partial charge in [-0.25, -0.2) is 0 Å². The van der Waals surface area contributed by atoms with Gasteiger partial charge in [0.05, 0.1) is 22.9 Å². The third-order valence-electron chi connectivity index (χ3n) is 6.69. The molecule has 2 amide bonds. The molecule has 0 radical (unpaired) electrons. The molecule has 1 aromatic rings. The van der Waals surface area contributed by atoms with Crippen LogP contribution in [0.4, 0.5) is 0 Å². The Morgan fingerprint density at radius 3 is 2.78 bits per heavy atom. The molecule has 2 saturated carbocycles. The lowest BCUT2D eigenvalue weighted by Gasteiger charge is -2.43. The summed E-state index contributed by atoms with van der Waals surface area (Å²) in [5.41, 5.74) is 2.24. The third kappa shape index (κ3) is 3.16. The van der Waals surface area contributed by atoms with Gasteiger partial charge in [-0.1, -0.05) is 6.92 Å². The molecular formula is C20H30N4O3. The Bertz CT molecular complexity index is 742. The summed E-state index contributed by atoms with van der Waals surface area (Å²) in [6.07, 6.45) is 6.08. The molecule has 7 heteroatoms. The molecule has 0 spiro atoms. The van der Waals surface area contributed by atoms with Crippen molar-refractivity contribution in [2.45, 2.75) is 82.4 Å². The molecule has 4 rings (SSSR count). The maximum Gasteiger partial charge on any atom is 0.257 e. The first-order valence-corrected chi connectivity index (χ1v) is 10.2. The van der Waals surface area contributed by atoms with Gasteiger partial charge in [-0.3, -0.25) is 14.7 Å². The molecule has 2 aliphatic carbocycles. The van der Waals surface area contributed by atoms with Crippen molar-refractivity contribution in [3.8, 4) is 0 Å². The van der Waals surface area contributed by atoms with Gasteiger partial charge in [0.1, 0.15) is 0 Å². The highest BCUT2D eigenvalue weighted by Crippen LogP contribution is 2.45. The van der Waals surface area contributed by atoms with E-state index in [4.69, 9.17) is 4.74 Å². The molecule has 1 aromatic heterocycles. The molecule has 2 heterocycles. The van der Waals surface area contributed by atoms with E-state index in [9.17, 15) is 9.59 Å². The summed E-state index contributed by atoms with van der Waals surface area (Å²) in [7, 11) is 1.75. The zero-order valence-electron chi connectivity index (χ0n) is 16.5. The molecule has 1 saturated heterocycles. The second kappa shape index (κ2) is 6.93. The molecule has 3 aliphatic rings. The predicted molar refractivity (Wildman–Crippen MR) is 101 cm³/mol. The van der Waals surface area contributed by atoms with Gasteiger partial charge >= 0.3 is 0 Å². The van der Waals surface area contributed by atoms with E-state index in [1.807, 2.05) is 18.7 Å². The highest BCUT2D eigenvalue weighted by molar-refractivity contribution is 5.97. The monoisotopic (exact) mass is 374 g/mol. The van der Waals surface area contributed by atoms with Crippen LogP contribution < -0.4 is 5.32 Å². The van der Waals surface area contributed by atoms with Crippen LogP contribution in [0.5, 0.6) is 0 Å². The fraction of sp³-hybridized carbons (Fsp3) is 0.750. The number of aryl methyl sites for hydroxylation is 1. The Labute approximate surface area is 160 Å². The topological polar surface area (TPSA) is 87.3 Å². The van der Waals surface area contributed by atoms with E-state index in [-0.39, 0.29) is 29.5 Å². The van der Waals surface area contributed by atoms with Crippen molar-refractivity contribution in [1.82, 2.24) is 20.4 Å². The van der Waals surface area contributed by atoms with Crippen LogP contribution in [0.3, 0.4) is 0 Å². The molecule has 7 nitrogen and oxygen atoms in total.